The quantitative estimate of drug-likeness (QED) is 0.792. The van der Waals surface area contributed by atoms with Crippen LogP contribution >= 0.6 is 11.6 Å². The molecule has 0 aliphatic carbocycles. The molecule has 76 valence electrons. The van der Waals surface area contributed by atoms with E-state index < -0.39 is 23.0 Å². The Labute approximate surface area is 84.7 Å². The Balaban J connectivity index is 3.14. The van der Waals surface area contributed by atoms with Crippen LogP contribution in [0.3, 0.4) is 0 Å². The van der Waals surface area contributed by atoms with Crippen LogP contribution in [0.2, 0.25) is 5.02 Å². The molecule has 1 rings (SSSR count). The highest BCUT2D eigenvalue weighted by atomic mass is 35.5. The van der Waals surface area contributed by atoms with Crippen LogP contribution in [0.1, 0.15) is 16.8 Å². The van der Waals surface area contributed by atoms with Crippen molar-refractivity contribution in [1.82, 2.24) is 0 Å². The largest absolute Gasteiger partial charge is 0.330 e. The molecular formula is C9H8ClF2NO. The van der Waals surface area contributed by atoms with Gasteiger partial charge in [-0.25, -0.2) is 8.78 Å². The summed E-state index contributed by atoms with van der Waals surface area (Å²) in [5, 5.41) is -0.0794. The smallest absolute Gasteiger partial charge is 0.170 e. The maximum Gasteiger partial charge on any atom is 0.170 e. The molecule has 1 aromatic carbocycles. The van der Waals surface area contributed by atoms with E-state index >= 15 is 0 Å². The van der Waals surface area contributed by atoms with Crippen molar-refractivity contribution in [2.75, 3.05) is 6.54 Å². The highest BCUT2D eigenvalue weighted by Crippen LogP contribution is 2.19. The lowest BCUT2D eigenvalue weighted by Crippen LogP contribution is -2.11. The van der Waals surface area contributed by atoms with Crippen molar-refractivity contribution in [2.45, 2.75) is 6.42 Å². The van der Waals surface area contributed by atoms with Gasteiger partial charge in [-0.3, -0.25) is 4.79 Å². The minimum atomic E-state index is -0.951. The third-order valence-corrected chi connectivity index (χ3v) is 1.88. The highest BCUT2D eigenvalue weighted by Gasteiger charge is 2.17. The van der Waals surface area contributed by atoms with Crippen LogP contribution in [0.15, 0.2) is 12.1 Å². The molecule has 0 aromatic heterocycles. The van der Waals surface area contributed by atoms with Gasteiger partial charge < -0.3 is 5.73 Å². The number of hydrogen-bond acceptors (Lipinski definition) is 2. The molecule has 0 aliphatic rings. The molecule has 0 saturated carbocycles. The second kappa shape index (κ2) is 4.48. The summed E-state index contributed by atoms with van der Waals surface area (Å²) < 4.78 is 26.2. The zero-order chi connectivity index (χ0) is 10.7. The zero-order valence-corrected chi connectivity index (χ0v) is 7.94. The monoisotopic (exact) mass is 219 g/mol. The molecule has 0 unspecified atom stereocenters. The Hall–Kier alpha value is -1.00. The Morgan fingerprint density at radius 3 is 2.29 bits per heavy atom. The van der Waals surface area contributed by atoms with Crippen LogP contribution in [-0.2, 0) is 0 Å². The van der Waals surface area contributed by atoms with Crippen molar-refractivity contribution in [3.63, 3.8) is 0 Å². The molecule has 0 fully saturated rings. The predicted octanol–water partition coefficient (Wildman–Crippen LogP) is 2.15. The third-order valence-electron chi connectivity index (χ3n) is 1.66. The van der Waals surface area contributed by atoms with Gasteiger partial charge in [0, 0.05) is 11.4 Å². The van der Waals surface area contributed by atoms with E-state index in [0.717, 1.165) is 12.1 Å². The summed E-state index contributed by atoms with van der Waals surface area (Å²) in [7, 11) is 0. The van der Waals surface area contributed by atoms with Gasteiger partial charge in [0.2, 0.25) is 0 Å². The van der Waals surface area contributed by atoms with Crippen LogP contribution in [0.5, 0.6) is 0 Å². The number of carbonyl (C=O) groups is 1. The summed E-state index contributed by atoms with van der Waals surface area (Å²) in [5.41, 5.74) is 4.54. The molecule has 0 spiro atoms. The predicted molar refractivity (Wildman–Crippen MR) is 49.4 cm³/mol. The summed E-state index contributed by atoms with van der Waals surface area (Å²) >= 11 is 5.39. The van der Waals surface area contributed by atoms with E-state index in [0.29, 0.717) is 0 Å². The molecule has 0 radical (unpaired) electrons. The average Bonchev–Trinajstić information content (AvgIpc) is 2.01. The number of carbonyl (C=O) groups excluding carboxylic acids is 1. The first-order valence-corrected chi connectivity index (χ1v) is 4.32. The Morgan fingerprint density at radius 2 is 1.86 bits per heavy atom. The zero-order valence-electron chi connectivity index (χ0n) is 7.19. The van der Waals surface area contributed by atoms with Gasteiger partial charge in [0.05, 0.1) is 5.56 Å². The van der Waals surface area contributed by atoms with Gasteiger partial charge in [-0.15, -0.1) is 0 Å². The second-order valence-electron chi connectivity index (χ2n) is 2.71. The molecule has 2 nitrogen and oxygen atoms in total. The second-order valence-corrected chi connectivity index (χ2v) is 3.14. The molecule has 0 saturated heterocycles. The number of benzene rings is 1. The van der Waals surface area contributed by atoms with E-state index in [2.05, 4.69) is 0 Å². The maximum atomic E-state index is 13.1. The number of halogens is 3. The van der Waals surface area contributed by atoms with E-state index in [1.165, 1.54) is 0 Å². The number of rotatable bonds is 3. The van der Waals surface area contributed by atoms with Crippen LogP contribution in [-0.4, -0.2) is 12.3 Å². The van der Waals surface area contributed by atoms with Crippen molar-refractivity contribution in [3.05, 3.63) is 34.4 Å². The fourth-order valence-corrected chi connectivity index (χ4v) is 1.26. The highest BCUT2D eigenvalue weighted by molar-refractivity contribution is 6.30. The van der Waals surface area contributed by atoms with Crippen molar-refractivity contribution >= 4 is 17.4 Å². The van der Waals surface area contributed by atoms with E-state index in [4.69, 9.17) is 17.3 Å². The Morgan fingerprint density at radius 1 is 1.36 bits per heavy atom. The first-order chi connectivity index (χ1) is 6.56. The van der Waals surface area contributed by atoms with Gasteiger partial charge in [-0.1, -0.05) is 11.6 Å². The lowest BCUT2D eigenvalue weighted by atomic mass is 10.1. The SMILES string of the molecule is NCCC(=O)c1c(F)cc(Cl)cc1F. The van der Waals surface area contributed by atoms with Gasteiger partial charge in [-0.2, -0.15) is 0 Å². The molecule has 5 heteroatoms. The molecule has 0 aliphatic heterocycles. The lowest BCUT2D eigenvalue weighted by molar-refractivity contribution is 0.0977. The summed E-state index contributed by atoms with van der Waals surface area (Å²) in [6.07, 6.45) is -0.0878. The van der Waals surface area contributed by atoms with Crippen molar-refractivity contribution in [2.24, 2.45) is 5.73 Å². The van der Waals surface area contributed by atoms with Gasteiger partial charge in [0.25, 0.3) is 0 Å². The van der Waals surface area contributed by atoms with Gasteiger partial charge in [0.15, 0.2) is 5.78 Å². The van der Waals surface area contributed by atoms with Crippen LogP contribution < -0.4 is 5.73 Å². The first-order valence-electron chi connectivity index (χ1n) is 3.94. The van der Waals surface area contributed by atoms with Crippen molar-refractivity contribution < 1.29 is 13.6 Å². The maximum absolute atomic E-state index is 13.1. The van der Waals surface area contributed by atoms with Crippen molar-refractivity contribution in [1.29, 1.82) is 0 Å². The number of hydrogen-bond donors (Lipinski definition) is 1. The normalized spacial score (nSPS) is 10.3. The third kappa shape index (κ3) is 2.27. The van der Waals surface area contributed by atoms with Crippen molar-refractivity contribution in [3.8, 4) is 0 Å². The van der Waals surface area contributed by atoms with Gasteiger partial charge in [0.1, 0.15) is 11.6 Å². The summed E-state index contributed by atoms with van der Waals surface area (Å²) in [6, 6.07) is 1.79. The van der Waals surface area contributed by atoms with Gasteiger partial charge >= 0.3 is 0 Å². The van der Waals surface area contributed by atoms with Crippen LogP contribution in [0.4, 0.5) is 8.78 Å². The van der Waals surface area contributed by atoms with Gasteiger partial charge in [-0.05, 0) is 18.7 Å². The summed E-state index contributed by atoms with van der Waals surface area (Å²) in [5.74, 6) is -2.55. The number of Topliss-reactive ketones (excluding diaryl/α,β-unsaturated/α-hetero) is 1. The minimum Gasteiger partial charge on any atom is -0.330 e. The molecule has 0 amide bonds. The fraction of sp³-hybridized carbons (Fsp3) is 0.222. The molecule has 0 bridgehead atoms. The van der Waals surface area contributed by atoms with E-state index in [9.17, 15) is 13.6 Å². The summed E-state index contributed by atoms with van der Waals surface area (Å²) in [4.78, 5) is 11.2. The first kappa shape index (κ1) is 11.1. The van der Waals surface area contributed by atoms with E-state index in [-0.39, 0.29) is 18.0 Å². The molecule has 14 heavy (non-hydrogen) atoms. The lowest BCUT2D eigenvalue weighted by Gasteiger charge is -2.03. The van der Waals surface area contributed by atoms with E-state index in [1.54, 1.807) is 0 Å². The van der Waals surface area contributed by atoms with E-state index in [1.807, 2.05) is 0 Å². The molecular weight excluding hydrogens is 212 g/mol. The topological polar surface area (TPSA) is 43.1 Å². The molecule has 1 aromatic rings. The Bertz CT molecular complexity index is 345. The summed E-state index contributed by atoms with van der Waals surface area (Å²) in [6.45, 7) is 0.0559. The number of ketones is 1. The molecule has 2 N–H and O–H groups in total. The fourth-order valence-electron chi connectivity index (χ4n) is 1.06. The standard InChI is InChI=1S/C9H8ClF2NO/c10-5-3-6(11)9(7(12)4-5)8(14)1-2-13/h3-4H,1-2,13H2. The average molecular weight is 220 g/mol. The van der Waals surface area contributed by atoms with Crippen LogP contribution in [0, 0.1) is 11.6 Å². The minimum absolute atomic E-state index is 0.0559. The number of nitrogens with two attached hydrogens (primary N) is 1. The Kier molecular flexibility index (Phi) is 3.55. The van der Waals surface area contributed by atoms with Crippen LogP contribution in [0.25, 0.3) is 0 Å². The molecule has 0 atom stereocenters. The molecule has 0 heterocycles.